The maximum Gasteiger partial charge on any atom is 0.263 e. The van der Waals surface area contributed by atoms with E-state index >= 15 is 0 Å². The number of nitriles is 1. The molecule has 0 unspecified atom stereocenters. The fourth-order valence-corrected chi connectivity index (χ4v) is 2.93. The maximum atomic E-state index is 13.7. The molecule has 0 fully saturated rings. The Morgan fingerprint density at radius 3 is 2.48 bits per heavy atom. The summed E-state index contributed by atoms with van der Waals surface area (Å²) < 4.78 is 53.4. The van der Waals surface area contributed by atoms with Crippen molar-refractivity contribution >= 4 is 15.7 Å². The van der Waals surface area contributed by atoms with E-state index in [1.807, 2.05) is 4.72 Å². The van der Waals surface area contributed by atoms with Crippen LogP contribution in [0.4, 0.5) is 14.5 Å². The summed E-state index contributed by atoms with van der Waals surface area (Å²) in [4.78, 5) is -0.298. The van der Waals surface area contributed by atoms with E-state index in [2.05, 4.69) is 0 Å². The first-order chi connectivity index (χ1) is 9.85. The van der Waals surface area contributed by atoms with Crippen molar-refractivity contribution in [3.8, 4) is 6.07 Å². The molecular weight excluding hydrogens is 298 g/mol. The molecule has 21 heavy (non-hydrogen) atoms. The molecule has 2 aromatic rings. The predicted molar refractivity (Wildman–Crippen MR) is 73.1 cm³/mol. The van der Waals surface area contributed by atoms with Gasteiger partial charge >= 0.3 is 0 Å². The van der Waals surface area contributed by atoms with Crippen molar-refractivity contribution in [2.45, 2.75) is 11.8 Å². The molecule has 0 spiro atoms. The second-order valence-corrected chi connectivity index (χ2v) is 5.95. The number of halogens is 2. The Kier molecular flexibility index (Phi) is 3.91. The van der Waals surface area contributed by atoms with E-state index < -0.39 is 27.3 Å². The zero-order valence-electron chi connectivity index (χ0n) is 10.9. The molecule has 0 amide bonds. The molecule has 0 aromatic heterocycles. The zero-order valence-corrected chi connectivity index (χ0v) is 11.7. The van der Waals surface area contributed by atoms with Crippen LogP contribution >= 0.6 is 0 Å². The van der Waals surface area contributed by atoms with Crippen molar-refractivity contribution in [3.05, 3.63) is 59.2 Å². The molecule has 0 radical (unpaired) electrons. The van der Waals surface area contributed by atoms with E-state index in [0.29, 0.717) is 0 Å². The first-order valence-corrected chi connectivity index (χ1v) is 7.31. The average molecular weight is 308 g/mol. The Bertz CT molecular complexity index is 843. The maximum absolute atomic E-state index is 13.7. The monoisotopic (exact) mass is 308 g/mol. The second kappa shape index (κ2) is 5.50. The summed E-state index contributed by atoms with van der Waals surface area (Å²) in [5.74, 6) is -1.63. The molecule has 0 aliphatic rings. The number of benzene rings is 2. The zero-order chi connectivity index (χ0) is 15.6. The lowest BCUT2D eigenvalue weighted by Gasteiger charge is -2.11. The molecule has 0 heterocycles. The van der Waals surface area contributed by atoms with Gasteiger partial charge in [-0.05, 0) is 30.7 Å². The van der Waals surface area contributed by atoms with Gasteiger partial charge in [0.2, 0.25) is 0 Å². The van der Waals surface area contributed by atoms with Crippen molar-refractivity contribution in [2.75, 3.05) is 4.72 Å². The molecular formula is C14H10F2N2O2S. The lowest BCUT2D eigenvalue weighted by molar-refractivity contribution is 0.590. The van der Waals surface area contributed by atoms with Gasteiger partial charge in [-0.15, -0.1) is 0 Å². The Morgan fingerprint density at radius 2 is 1.81 bits per heavy atom. The van der Waals surface area contributed by atoms with Crippen molar-refractivity contribution in [1.29, 1.82) is 5.26 Å². The van der Waals surface area contributed by atoms with Crippen LogP contribution in [0.25, 0.3) is 0 Å². The highest BCUT2D eigenvalue weighted by molar-refractivity contribution is 7.92. The lowest BCUT2D eigenvalue weighted by atomic mass is 10.2. The summed E-state index contributed by atoms with van der Waals surface area (Å²) in [5, 5.41) is 8.91. The van der Waals surface area contributed by atoms with Crippen molar-refractivity contribution in [2.24, 2.45) is 0 Å². The molecule has 0 aliphatic carbocycles. The quantitative estimate of drug-likeness (QED) is 0.947. The minimum atomic E-state index is -4.19. The summed E-state index contributed by atoms with van der Waals surface area (Å²) in [7, 11) is -4.19. The fourth-order valence-electron chi connectivity index (χ4n) is 1.72. The number of hydrogen-bond donors (Lipinski definition) is 1. The molecule has 0 atom stereocenters. The Labute approximate surface area is 120 Å². The van der Waals surface area contributed by atoms with E-state index in [-0.39, 0.29) is 16.0 Å². The smallest absolute Gasteiger partial charge is 0.263 e. The Balaban J connectivity index is 2.48. The molecule has 0 saturated carbocycles. The van der Waals surface area contributed by atoms with Gasteiger partial charge < -0.3 is 0 Å². The van der Waals surface area contributed by atoms with Gasteiger partial charge in [0, 0.05) is 6.07 Å². The first-order valence-electron chi connectivity index (χ1n) is 5.83. The average Bonchev–Trinajstić information content (AvgIpc) is 2.44. The summed E-state index contributed by atoms with van der Waals surface area (Å²) in [5.41, 5.74) is -0.531. The van der Waals surface area contributed by atoms with Gasteiger partial charge in [0.1, 0.15) is 22.6 Å². The van der Waals surface area contributed by atoms with Crippen LogP contribution in [0.2, 0.25) is 0 Å². The Hall–Kier alpha value is -2.46. The predicted octanol–water partition coefficient (Wildman–Crippen LogP) is 2.95. The first kappa shape index (κ1) is 14.9. The largest absolute Gasteiger partial charge is 0.277 e. The summed E-state index contributed by atoms with van der Waals surface area (Å²) in [6, 6.07) is 8.86. The minimum Gasteiger partial charge on any atom is -0.277 e. The number of nitrogens with one attached hydrogen (secondary N) is 1. The number of aryl methyl sites for hydroxylation is 1. The standard InChI is InChI=1S/C14H10F2N2O2S/c1-9-6-12(16)13(7-11(9)15)18-21(19,20)14-5-3-2-4-10(14)8-17/h2-7,18H,1H3. The molecule has 0 aliphatic heterocycles. The second-order valence-electron chi connectivity index (χ2n) is 4.29. The molecule has 2 aromatic carbocycles. The van der Waals surface area contributed by atoms with Crippen LogP contribution in [0.1, 0.15) is 11.1 Å². The third-order valence-electron chi connectivity index (χ3n) is 2.79. The van der Waals surface area contributed by atoms with Gasteiger partial charge in [0.05, 0.1) is 11.3 Å². The van der Waals surface area contributed by atoms with Gasteiger partial charge in [-0.3, -0.25) is 4.72 Å². The van der Waals surface area contributed by atoms with Crippen molar-refractivity contribution in [1.82, 2.24) is 0 Å². The Morgan fingerprint density at radius 1 is 1.14 bits per heavy atom. The highest BCUT2D eigenvalue weighted by Gasteiger charge is 2.20. The topological polar surface area (TPSA) is 70.0 Å². The highest BCUT2D eigenvalue weighted by atomic mass is 32.2. The van der Waals surface area contributed by atoms with Crippen LogP contribution in [-0.2, 0) is 10.0 Å². The van der Waals surface area contributed by atoms with Crippen LogP contribution in [0, 0.1) is 29.9 Å². The van der Waals surface area contributed by atoms with Crippen LogP contribution in [0.3, 0.4) is 0 Å². The third-order valence-corrected chi connectivity index (χ3v) is 4.21. The van der Waals surface area contributed by atoms with Gasteiger partial charge in [0.15, 0.2) is 0 Å². The molecule has 1 N–H and O–H groups in total. The third kappa shape index (κ3) is 3.01. The molecule has 108 valence electrons. The van der Waals surface area contributed by atoms with E-state index in [0.717, 1.165) is 12.1 Å². The molecule has 7 heteroatoms. The number of nitrogens with zero attached hydrogens (tertiary/aromatic N) is 1. The fraction of sp³-hybridized carbons (Fsp3) is 0.0714. The van der Waals surface area contributed by atoms with Crippen LogP contribution in [-0.4, -0.2) is 8.42 Å². The normalized spacial score (nSPS) is 11.0. The minimum absolute atomic E-state index is 0.0628. The molecule has 4 nitrogen and oxygen atoms in total. The molecule has 0 bridgehead atoms. The van der Waals surface area contributed by atoms with Gasteiger partial charge in [0.25, 0.3) is 10.0 Å². The highest BCUT2D eigenvalue weighted by Crippen LogP contribution is 2.23. The lowest BCUT2D eigenvalue weighted by Crippen LogP contribution is -2.15. The van der Waals surface area contributed by atoms with E-state index in [9.17, 15) is 17.2 Å². The van der Waals surface area contributed by atoms with Crippen LogP contribution in [0.15, 0.2) is 41.3 Å². The van der Waals surface area contributed by atoms with E-state index in [4.69, 9.17) is 5.26 Å². The van der Waals surface area contributed by atoms with Gasteiger partial charge in [-0.1, -0.05) is 12.1 Å². The summed E-state index contributed by atoms with van der Waals surface area (Å²) >= 11 is 0. The summed E-state index contributed by atoms with van der Waals surface area (Å²) in [6.45, 7) is 1.36. The SMILES string of the molecule is Cc1cc(F)c(NS(=O)(=O)c2ccccc2C#N)cc1F. The summed E-state index contributed by atoms with van der Waals surface area (Å²) in [6.07, 6.45) is 0. The van der Waals surface area contributed by atoms with E-state index in [1.54, 1.807) is 6.07 Å². The number of anilines is 1. The van der Waals surface area contributed by atoms with Gasteiger partial charge in [-0.25, -0.2) is 17.2 Å². The molecule has 2 rings (SSSR count). The van der Waals surface area contributed by atoms with Crippen LogP contribution in [0.5, 0.6) is 0 Å². The van der Waals surface area contributed by atoms with Crippen LogP contribution < -0.4 is 4.72 Å². The van der Waals surface area contributed by atoms with Crippen molar-refractivity contribution < 1.29 is 17.2 Å². The number of rotatable bonds is 3. The number of hydrogen-bond acceptors (Lipinski definition) is 3. The van der Waals surface area contributed by atoms with E-state index in [1.165, 1.54) is 31.2 Å². The van der Waals surface area contributed by atoms with Crippen molar-refractivity contribution in [3.63, 3.8) is 0 Å². The van der Waals surface area contributed by atoms with Gasteiger partial charge in [-0.2, -0.15) is 5.26 Å². The number of sulfonamides is 1. The molecule has 0 saturated heterocycles.